The fourth-order valence-electron chi connectivity index (χ4n) is 3.04. The van der Waals surface area contributed by atoms with Gasteiger partial charge in [0.25, 0.3) is 0 Å². The molecule has 1 aliphatic heterocycles. The Labute approximate surface area is 122 Å². The lowest BCUT2D eigenvalue weighted by molar-refractivity contribution is 0.366. The third-order valence-electron chi connectivity index (χ3n) is 4.17. The fraction of sp³-hybridized carbons (Fsp3) is 0.429. The molecule has 0 unspecified atom stereocenters. The number of aryl methyl sites for hydroxylation is 1. The van der Waals surface area contributed by atoms with Gasteiger partial charge < -0.3 is 4.90 Å². The summed E-state index contributed by atoms with van der Waals surface area (Å²) in [6.07, 6.45) is 9.52. The number of piperidine rings is 1. The van der Waals surface area contributed by atoms with Crippen molar-refractivity contribution in [3.05, 3.63) is 31.0 Å². The summed E-state index contributed by atoms with van der Waals surface area (Å²) in [6, 6.07) is 2.47. The second kappa shape index (κ2) is 4.83. The predicted molar refractivity (Wildman–Crippen MR) is 79.0 cm³/mol. The van der Waals surface area contributed by atoms with Gasteiger partial charge in [-0.1, -0.05) is 0 Å². The summed E-state index contributed by atoms with van der Waals surface area (Å²) in [5, 5.41) is 9.66. The summed E-state index contributed by atoms with van der Waals surface area (Å²) in [5.41, 5.74) is 0.884. The molecular formula is C14H17N7. The monoisotopic (exact) mass is 283 g/mol. The molecule has 21 heavy (non-hydrogen) atoms. The van der Waals surface area contributed by atoms with E-state index in [0.29, 0.717) is 6.04 Å². The van der Waals surface area contributed by atoms with E-state index in [2.05, 4.69) is 29.7 Å². The normalized spacial score (nSPS) is 16.7. The number of aromatic nitrogens is 6. The van der Waals surface area contributed by atoms with Crippen molar-refractivity contribution >= 4 is 16.9 Å². The van der Waals surface area contributed by atoms with Crippen molar-refractivity contribution in [2.75, 3.05) is 18.0 Å². The molecule has 108 valence electrons. The highest BCUT2D eigenvalue weighted by Gasteiger charge is 2.23. The summed E-state index contributed by atoms with van der Waals surface area (Å²) in [7, 11) is 1.91. The van der Waals surface area contributed by atoms with Crippen molar-refractivity contribution in [3.63, 3.8) is 0 Å². The molecule has 3 aromatic rings. The average molecular weight is 283 g/mol. The van der Waals surface area contributed by atoms with Crippen LogP contribution in [-0.4, -0.2) is 42.6 Å². The van der Waals surface area contributed by atoms with Crippen molar-refractivity contribution in [2.45, 2.75) is 18.9 Å². The summed E-state index contributed by atoms with van der Waals surface area (Å²) >= 11 is 0. The van der Waals surface area contributed by atoms with Gasteiger partial charge in [-0.25, -0.2) is 9.97 Å². The van der Waals surface area contributed by atoms with Crippen LogP contribution in [0.2, 0.25) is 0 Å². The van der Waals surface area contributed by atoms with Gasteiger partial charge in [0.2, 0.25) is 0 Å². The number of rotatable bonds is 2. The Hall–Kier alpha value is -2.44. The molecule has 0 aliphatic carbocycles. The number of fused-ring (bicyclic) bond motifs is 1. The Kier molecular flexibility index (Phi) is 2.83. The molecule has 0 saturated carbocycles. The van der Waals surface area contributed by atoms with Crippen LogP contribution in [0.15, 0.2) is 31.0 Å². The van der Waals surface area contributed by atoms with E-state index in [-0.39, 0.29) is 0 Å². The number of nitrogens with zero attached hydrogens (tertiary/aromatic N) is 7. The third kappa shape index (κ3) is 2.05. The van der Waals surface area contributed by atoms with Crippen molar-refractivity contribution < 1.29 is 0 Å². The fourth-order valence-corrected chi connectivity index (χ4v) is 3.04. The molecule has 4 heterocycles. The second-order valence-electron chi connectivity index (χ2n) is 5.41. The first-order chi connectivity index (χ1) is 10.3. The van der Waals surface area contributed by atoms with E-state index in [4.69, 9.17) is 0 Å². The van der Waals surface area contributed by atoms with Gasteiger partial charge in [-0.05, 0) is 18.9 Å². The van der Waals surface area contributed by atoms with E-state index in [0.717, 1.165) is 42.8 Å². The second-order valence-corrected chi connectivity index (χ2v) is 5.41. The molecular weight excluding hydrogens is 266 g/mol. The maximum Gasteiger partial charge on any atom is 0.163 e. The average Bonchev–Trinajstić information content (AvgIpc) is 3.18. The van der Waals surface area contributed by atoms with Crippen molar-refractivity contribution in [1.82, 2.24) is 29.5 Å². The quantitative estimate of drug-likeness (QED) is 0.711. The number of anilines is 1. The van der Waals surface area contributed by atoms with Crippen molar-refractivity contribution in [2.24, 2.45) is 7.05 Å². The SMILES string of the molecule is Cn1ncc2c(N3CCC(n4cccn4)CC3)ncnc21. The third-order valence-corrected chi connectivity index (χ3v) is 4.17. The van der Waals surface area contributed by atoms with Crippen LogP contribution in [-0.2, 0) is 7.05 Å². The highest BCUT2D eigenvalue weighted by atomic mass is 15.3. The summed E-state index contributed by atoms with van der Waals surface area (Å²) in [6.45, 7) is 1.96. The Morgan fingerprint density at radius 3 is 2.76 bits per heavy atom. The molecule has 7 nitrogen and oxygen atoms in total. The molecule has 0 bridgehead atoms. The standard InChI is InChI=1S/C14H17N7/c1-19-13-12(9-18-19)14(16-10-15-13)20-7-3-11(4-8-20)21-6-2-5-17-21/h2,5-6,9-11H,3-4,7-8H2,1H3. The van der Waals surface area contributed by atoms with Gasteiger partial charge in [0.05, 0.1) is 17.6 Å². The zero-order valence-corrected chi connectivity index (χ0v) is 11.9. The molecule has 1 aliphatic rings. The maximum atomic E-state index is 4.47. The Morgan fingerprint density at radius 2 is 2.00 bits per heavy atom. The van der Waals surface area contributed by atoms with E-state index < -0.39 is 0 Å². The van der Waals surface area contributed by atoms with Crippen LogP contribution >= 0.6 is 0 Å². The van der Waals surface area contributed by atoms with Crippen LogP contribution in [0.25, 0.3) is 11.0 Å². The first-order valence-corrected chi connectivity index (χ1v) is 7.20. The highest BCUT2D eigenvalue weighted by Crippen LogP contribution is 2.28. The maximum absolute atomic E-state index is 4.47. The van der Waals surface area contributed by atoms with Crippen LogP contribution in [0.3, 0.4) is 0 Å². The van der Waals surface area contributed by atoms with Gasteiger partial charge in [-0.2, -0.15) is 10.2 Å². The van der Waals surface area contributed by atoms with E-state index in [9.17, 15) is 0 Å². The van der Waals surface area contributed by atoms with Gasteiger partial charge in [0, 0.05) is 32.5 Å². The molecule has 0 amide bonds. The number of hydrogen-bond donors (Lipinski definition) is 0. The lowest BCUT2D eigenvalue weighted by Gasteiger charge is -2.33. The minimum atomic E-state index is 0.488. The molecule has 0 radical (unpaired) electrons. The lowest BCUT2D eigenvalue weighted by atomic mass is 10.1. The zero-order valence-electron chi connectivity index (χ0n) is 11.9. The van der Waals surface area contributed by atoms with E-state index in [1.165, 1.54) is 0 Å². The van der Waals surface area contributed by atoms with Crippen LogP contribution in [0.4, 0.5) is 5.82 Å². The zero-order chi connectivity index (χ0) is 14.2. The summed E-state index contributed by atoms with van der Waals surface area (Å²) < 4.78 is 3.86. The van der Waals surface area contributed by atoms with Crippen molar-refractivity contribution in [3.8, 4) is 0 Å². The van der Waals surface area contributed by atoms with E-state index in [1.54, 1.807) is 11.0 Å². The van der Waals surface area contributed by atoms with Crippen LogP contribution in [0.1, 0.15) is 18.9 Å². The predicted octanol–water partition coefficient (Wildman–Crippen LogP) is 1.40. The van der Waals surface area contributed by atoms with Crippen LogP contribution in [0, 0.1) is 0 Å². The van der Waals surface area contributed by atoms with E-state index >= 15 is 0 Å². The summed E-state index contributed by atoms with van der Waals surface area (Å²) in [4.78, 5) is 11.1. The molecule has 3 aromatic heterocycles. The van der Waals surface area contributed by atoms with Gasteiger partial charge in [-0.15, -0.1) is 0 Å². The molecule has 1 saturated heterocycles. The molecule has 1 fully saturated rings. The van der Waals surface area contributed by atoms with Gasteiger partial charge in [0.15, 0.2) is 5.65 Å². The van der Waals surface area contributed by atoms with Gasteiger partial charge in [0.1, 0.15) is 12.1 Å². The van der Waals surface area contributed by atoms with Crippen molar-refractivity contribution in [1.29, 1.82) is 0 Å². The van der Waals surface area contributed by atoms with Crippen LogP contribution in [0.5, 0.6) is 0 Å². The molecule has 0 spiro atoms. The molecule has 0 N–H and O–H groups in total. The summed E-state index contributed by atoms with van der Waals surface area (Å²) in [5.74, 6) is 0.993. The molecule has 4 rings (SSSR count). The minimum absolute atomic E-state index is 0.488. The number of hydrogen-bond acceptors (Lipinski definition) is 5. The first kappa shape index (κ1) is 12.3. The van der Waals surface area contributed by atoms with Crippen LogP contribution < -0.4 is 4.90 Å². The smallest absolute Gasteiger partial charge is 0.163 e. The Balaban J connectivity index is 1.58. The molecule has 7 heteroatoms. The minimum Gasteiger partial charge on any atom is -0.356 e. The van der Waals surface area contributed by atoms with E-state index in [1.807, 2.05) is 31.7 Å². The first-order valence-electron chi connectivity index (χ1n) is 7.20. The topological polar surface area (TPSA) is 64.7 Å². The molecule has 0 aromatic carbocycles. The Morgan fingerprint density at radius 1 is 1.14 bits per heavy atom. The highest BCUT2D eigenvalue weighted by molar-refractivity contribution is 5.86. The Bertz CT molecular complexity index is 738. The lowest BCUT2D eigenvalue weighted by Crippen LogP contribution is -2.35. The molecule has 0 atom stereocenters. The largest absolute Gasteiger partial charge is 0.356 e. The van der Waals surface area contributed by atoms with Gasteiger partial charge >= 0.3 is 0 Å². The van der Waals surface area contributed by atoms with Gasteiger partial charge in [-0.3, -0.25) is 9.36 Å².